The van der Waals surface area contributed by atoms with E-state index in [2.05, 4.69) is 68.0 Å². The molecule has 0 bridgehead atoms. The van der Waals surface area contributed by atoms with Crippen LogP contribution in [0.2, 0.25) is 0 Å². The Balaban J connectivity index is 1.69. The number of hydrogen-bond acceptors (Lipinski definition) is 3. The summed E-state index contributed by atoms with van der Waals surface area (Å²) in [4.78, 5) is 11.0. The van der Waals surface area contributed by atoms with Crippen molar-refractivity contribution in [3.63, 3.8) is 0 Å². The number of aliphatic imine (C=N–C) groups is 1. The first-order chi connectivity index (χ1) is 11.7. The van der Waals surface area contributed by atoms with E-state index in [1.54, 1.807) is 11.3 Å². The van der Waals surface area contributed by atoms with Gasteiger partial charge in [-0.2, -0.15) is 0 Å². The molecular weight excluding hydrogens is 316 g/mol. The molecule has 0 aliphatic rings. The molecule has 3 aromatic rings. The summed E-state index contributed by atoms with van der Waals surface area (Å²) in [6.45, 7) is 3.52. The molecule has 0 fully saturated rings. The fourth-order valence-corrected chi connectivity index (χ4v) is 3.41. The van der Waals surface area contributed by atoms with Crippen molar-refractivity contribution < 1.29 is 0 Å². The topological polar surface area (TPSA) is 40.5 Å². The lowest BCUT2D eigenvalue weighted by Crippen LogP contribution is -2.38. The van der Waals surface area contributed by atoms with Gasteiger partial charge in [-0.05, 0) is 23.3 Å². The molecule has 3 rings (SSSR count). The van der Waals surface area contributed by atoms with Crippen molar-refractivity contribution in [2.75, 3.05) is 14.1 Å². The van der Waals surface area contributed by atoms with E-state index < -0.39 is 0 Å². The lowest BCUT2D eigenvalue weighted by Gasteiger charge is -2.21. The average molecular weight is 338 g/mol. The fraction of sp³-hybridized carbons (Fsp3) is 0.263. The van der Waals surface area contributed by atoms with Crippen LogP contribution in [0.5, 0.6) is 0 Å². The van der Waals surface area contributed by atoms with Crippen molar-refractivity contribution in [3.05, 3.63) is 64.1 Å². The van der Waals surface area contributed by atoms with Gasteiger partial charge in [0.25, 0.3) is 0 Å². The number of hydrogen-bond donors (Lipinski definition) is 1. The van der Waals surface area contributed by atoms with Crippen molar-refractivity contribution in [1.29, 1.82) is 0 Å². The molecule has 0 spiro atoms. The van der Waals surface area contributed by atoms with Gasteiger partial charge in [-0.3, -0.25) is 4.99 Å². The summed E-state index contributed by atoms with van der Waals surface area (Å²) in [5, 5.41) is 9.19. The summed E-state index contributed by atoms with van der Waals surface area (Å²) in [5.74, 6) is 0.869. The van der Waals surface area contributed by atoms with Crippen LogP contribution < -0.4 is 5.32 Å². The van der Waals surface area contributed by atoms with Gasteiger partial charge in [0.15, 0.2) is 5.96 Å². The zero-order valence-electron chi connectivity index (χ0n) is 14.3. The molecule has 24 heavy (non-hydrogen) atoms. The molecular formula is C19H22N4S. The number of aryl methyl sites for hydroxylation is 1. The number of guanidine groups is 1. The van der Waals surface area contributed by atoms with Crippen LogP contribution in [0.15, 0.2) is 52.8 Å². The van der Waals surface area contributed by atoms with Crippen LogP contribution in [0.3, 0.4) is 0 Å². The molecule has 5 heteroatoms. The van der Waals surface area contributed by atoms with Crippen LogP contribution in [0.25, 0.3) is 10.8 Å². The van der Waals surface area contributed by atoms with Crippen LogP contribution >= 0.6 is 11.3 Å². The van der Waals surface area contributed by atoms with E-state index in [4.69, 9.17) is 0 Å². The quantitative estimate of drug-likeness (QED) is 0.581. The van der Waals surface area contributed by atoms with E-state index in [-0.39, 0.29) is 0 Å². The van der Waals surface area contributed by atoms with Crippen LogP contribution in [-0.4, -0.2) is 29.9 Å². The predicted molar refractivity (Wildman–Crippen MR) is 102 cm³/mol. The maximum absolute atomic E-state index is 4.52. The second-order valence-corrected chi connectivity index (χ2v) is 6.82. The second-order valence-electron chi connectivity index (χ2n) is 5.75. The smallest absolute Gasteiger partial charge is 0.194 e. The van der Waals surface area contributed by atoms with Gasteiger partial charge in [0.1, 0.15) is 0 Å². The van der Waals surface area contributed by atoms with Gasteiger partial charge in [-0.1, -0.05) is 42.5 Å². The molecule has 1 heterocycles. The first kappa shape index (κ1) is 16.5. The third-order valence-corrected chi connectivity index (χ3v) is 4.78. The largest absolute Gasteiger partial charge is 0.352 e. The van der Waals surface area contributed by atoms with Crippen molar-refractivity contribution >= 4 is 28.1 Å². The highest BCUT2D eigenvalue weighted by Crippen LogP contribution is 2.18. The number of aromatic nitrogens is 1. The summed E-state index contributed by atoms with van der Waals surface area (Å²) in [7, 11) is 3.85. The first-order valence-corrected chi connectivity index (χ1v) is 8.85. The number of fused-ring (bicyclic) bond motifs is 1. The van der Waals surface area contributed by atoms with Gasteiger partial charge < -0.3 is 10.2 Å². The Hall–Kier alpha value is -2.40. The van der Waals surface area contributed by atoms with E-state index in [0.717, 1.165) is 29.8 Å². The van der Waals surface area contributed by atoms with Gasteiger partial charge in [-0.15, -0.1) is 11.3 Å². The average Bonchev–Trinajstić information content (AvgIpc) is 3.00. The minimum atomic E-state index is 0.745. The molecule has 0 saturated heterocycles. The summed E-state index contributed by atoms with van der Waals surface area (Å²) in [5.41, 5.74) is 2.35. The van der Waals surface area contributed by atoms with E-state index >= 15 is 0 Å². The molecule has 0 amide bonds. The highest BCUT2D eigenvalue weighted by atomic mass is 32.1. The van der Waals surface area contributed by atoms with Gasteiger partial charge in [0, 0.05) is 26.0 Å². The second kappa shape index (κ2) is 7.45. The number of thiazole rings is 1. The fourth-order valence-electron chi connectivity index (χ4n) is 2.80. The van der Waals surface area contributed by atoms with Crippen molar-refractivity contribution in [3.8, 4) is 0 Å². The molecule has 0 saturated carbocycles. The van der Waals surface area contributed by atoms with E-state index in [1.807, 2.05) is 21.0 Å². The lowest BCUT2D eigenvalue weighted by molar-refractivity contribution is 0.471. The van der Waals surface area contributed by atoms with E-state index in [9.17, 15) is 0 Å². The zero-order chi connectivity index (χ0) is 16.9. The minimum Gasteiger partial charge on any atom is -0.352 e. The Labute approximate surface area is 146 Å². The first-order valence-electron chi connectivity index (χ1n) is 7.97. The number of rotatable bonds is 4. The molecule has 0 unspecified atom stereocenters. The molecule has 2 aromatic carbocycles. The van der Waals surface area contributed by atoms with Crippen molar-refractivity contribution in [1.82, 2.24) is 15.2 Å². The van der Waals surface area contributed by atoms with E-state index in [0.29, 0.717) is 0 Å². The van der Waals surface area contributed by atoms with Crippen LogP contribution in [0, 0.1) is 6.92 Å². The van der Waals surface area contributed by atoms with Gasteiger partial charge >= 0.3 is 0 Å². The third-order valence-electron chi connectivity index (χ3n) is 3.96. The Kier molecular flexibility index (Phi) is 5.11. The standard InChI is InChI=1S/C19H22N4S/c1-14-22-17(13-24-14)12-23(3)19(20-2)21-11-16-9-6-8-15-7-4-5-10-18(15)16/h4-10,13H,11-12H2,1-3H3,(H,20,21). The maximum Gasteiger partial charge on any atom is 0.194 e. The molecule has 0 aliphatic heterocycles. The predicted octanol–water partition coefficient (Wildman–Crippen LogP) is 3.81. The SMILES string of the molecule is CN=C(NCc1cccc2ccccc12)N(C)Cc1csc(C)n1. The van der Waals surface area contributed by atoms with Gasteiger partial charge in [-0.25, -0.2) is 4.98 Å². The molecule has 1 N–H and O–H groups in total. The lowest BCUT2D eigenvalue weighted by atomic mass is 10.0. The minimum absolute atomic E-state index is 0.745. The van der Waals surface area contributed by atoms with Gasteiger partial charge in [0.2, 0.25) is 0 Å². The summed E-state index contributed by atoms with van der Waals surface area (Å²) >= 11 is 1.68. The number of nitrogens with one attached hydrogen (secondary N) is 1. The zero-order valence-corrected chi connectivity index (χ0v) is 15.1. The molecule has 0 radical (unpaired) electrons. The Morgan fingerprint density at radius 3 is 2.75 bits per heavy atom. The molecule has 1 aromatic heterocycles. The van der Waals surface area contributed by atoms with Crippen LogP contribution in [0.1, 0.15) is 16.3 Å². The van der Waals surface area contributed by atoms with Crippen LogP contribution in [0.4, 0.5) is 0 Å². The highest BCUT2D eigenvalue weighted by Gasteiger charge is 2.09. The van der Waals surface area contributed by atoms with E-state index in [1.165, 1.54) is 16.3 Å². The summed E-state index contributed by atoms with van der Waals surface area (Å²) < 4.78 is 0. The number of nitrogens with zero attached hydrogens (tertiary/aromatic N) is 3. The molecule has 0 aliphatic carbocycles. The molecule has 0 atom stereocenters. The number of benzene rings is 2. The Morgan fingerprint density at radius 1 is 1.21 bits per heavy atom. The molecule has 4 nitrogen and oxygen atoms in total. The van der Waals surface area contributed by atoms with Gasteiger partial charge in [0.05, 0.1) is 17.2 Å². The highest BCUT2D eigenvalue weighted by molar-refractivity contribution is 7.09. The monoisotopic (exact) mass is 338 g/mol. The Morgan fingerprint density at radius 2 is 2.00 bits per heavy atom. The van der Waals surface area contributed by atoms with Crippen LogP contribution in [-0.2, 0) is 13.1 Å². The maximum atomic E-state index is 4.52. The summed E-state index contributed by atoms with van der Waals surface area (Å²) in [6, 6.07) is 14.9. The van der Waals surface area contributed by atoms with Crippen molar-refractivity contribution in [2.45, 2.75) is 20.0 Å². The molecule has 124 valence electrons. The third kappa shape index (κ3) is 3.74. The Bertz CT molecular complexity index is 848. The normalized spacial score (nSPS) is 11.7. The van der Waals surface area contributed by atoms with Crippen molar-refractivity contribution in [2.24, 2.45) is 4.99 Å². The summed E-state index contributed by atoms with van der Waals surface area (Å²) in [6.07, 6.45) is 0.